The summed E-state index contributed by atoms with van der Waals surface area (Å²) in [6, 6.07) is 15.0. The van der Waals surface area contributed by atoms with Gasteiger partial charge in [-0.05, 0) is 42.0 Å². The summed E-state index contributed by atoms with van der Waals surface area (Å²) in [6.07, 6.45) is 0. The van der Waals surface area contributed by atoms with E-state index in [0.717, 1.165) is 15.7 Å². The van der Waals surface area contributed by atoms with E-state index < -0.39 is 0 Å². The van der Waals surface area contributed by atoms with Crippen molar-refractivity contribution in [1.82, 2.24) is 5.32 Å². The van der Waals surface area contributed by atoms with Crippen LogP contribution in [-0.2, 0) is 11.3 Å². The van der Waals surface area contributed by atoms with Crippen molar-refractivity contribution in [3.8, 4) is 0 Å². The number of halogens is 2. The largest absolute Gasteiger partial charge is 0.325 e. The number of rotatable bonds is 5. The maximum absolute atomic E-state index is 11.7. The zero-order chi connectivity index (χ0) is 14.4. The third kappa shape index (κ3) is 4.96. The lowest BCUT2D eigenvalue weighted by Gasteiger charge is -2.07. The van der Waals surface area contributed by atoms with Crippen LogP contribution in [0.3, 0.4) is 0 Å². The molecule has 0 bridgehead atoms. The zero-order valence-electron chi connectivity index (χ0n) is 10.7. The van der Waals surface area contributed by atoms with Gasteiger partial charge >= 0.3 is 0 Å². The molecule has 0 unspecified atom stereocenters. The molecule has 0 fully saturated rings. The van der Waals surface area contributed by atoms with Gasteiger partial charge in [-0.2, -0.15) is 0 Å². The van der Waals surface area contributed by atoms with Crippen molar-refractivity contribution in [3.63, 3.8) is 0 Å². The molecule has 2 N–H and O–H groups in total. The lowest BCUT2D eigenvalue weighted by Crippen LogP contribution is -2.27. The molecule has 104 valence electrons. The van der Waals surface area contributed by atoms with E-state index in [-0.39, 0.29) is 12.5 Å². The molecule has 20 heavy (non-hydrogen) atoms. The van der Waals surface area contributed by atoms with Crippen LogP contribution >= 0.6 is 27.5 Å². The number of hydrogen-bond acceptors (Lipinski definition) is 2. The summed E-state index contributed by atoms with van der Waals surface area (Å²) in [7, 11) is 0. The minimum atomic E-state index is -0.0812. The standard InChI is InChI=1S/C15H14BrClN2O/c16-12-3-1-2-11(8-12)9-18-10-15(20)19-14-6-4-13(17)5-7-14/h1-8,18H,9-10H2,(H,19,20). The highest BCUT2D eigenvalue weighted by Gasteiger charge is 2.02. The molecule has 0 saturated carbocycles. The number of amides is 1. The predicted molar refractivity (Wildman–Crippen MR) is 85.9 cm³/mol. The predicted octanol–water partition coefficient (Wildman–Crippen LogP) is 3.83. The molecule has 2 aromatic rings. The van der Waals surface area contributed by atoms with Crippen molar-refractivity contribution in [2.75, 3.05) is 11.9 Å². The molecule has 0 atom stereocenters. The molecule has 3 nitrogen and oxygen atoms in total. The van der Waals surface area contributed by atoms with E-state index in [4.69, 9.17) is 11.6 Å². The zero-order valence-corrected chi connectivity index (χ0v) is 13.0. The van der Waals surface area contributed by atoms with Gasteiger partial charge in [0.15, 0.2) is 0 Å². The highest BCUT2D eigenvalue weighted by atomic mass is 79.9. The minimum absolute atomic E-state index is 0.0812. The lowest BCUT2D eigenvalue weighted by atomic mass is 10.2. The number of benzene rings is 2. The highest BCUT2D eigenvalue weighted by Crippen LogP contribution is 2.13. The van der Waals surface area contributed by atoms with Crippen LogP contribution in [0.4, 0.5) is 5.69 Å². The maximum Gasteiger partial charge on any atom is 0.238 e. The van der Waals surface area contributed by atoms with E-state index in [0.29, 0.717) is 11.6 Å². The molecule has 0 aliphatic rings. The Morgan fingerprint density at radius 2 is 1.90 bits per heavy atom. The van der Waals surface area contributed by atoms with E-state index >= 15 is 0 Å². The number of carbonyl (C=O) groups is 1. The van der Waals surface area contributed by atoms with Crippen LogP contribution in [0, 0.1) is 0 Å². The Bertz CT molecular complexity index is 587. The third-order valence-corrected chi connectivity index (χ3v) is 3.38. The molecule has 0 aromatic heterocycles. The summed E-state index contributed by atoms with van der Waals surface area (Å²) in [6.45, 7) is 0.905. The van der Waals surface area contributed by atoms with Crippen LogP contribution in [0.1, 0.15) is 5.56 Å². The first-order valence-corrected chi connectivity index (χ1v) is 7.31. The molecule has 0 heterocycles. The van der Waals surface area contributed by atoms with Gasteiger partial charge in [0.1, 0.15) is 0 Å². The van der Waals surface area contributed by atoms with Gasteiger partial charge in [0.05, 0.1) is 6.54 Å². The smallest absolute Gasteiger partial charge is 0.238 e. The van der Waals surface area contributed by atoms with Crippen molar-refractivity contribution >= 4 is 39.1 Å². The first kappa shape index (κ1) is 15.0. The molecule has 0 aliphatic heterocycles. The van der Waals surface area contributed by atoms with Gasteiger partial charge in [-0.3, -0.25) is 4.79 Å². The first-order valence-electron chi connectivity index (χ1n) is 6.14. The Morgan fingerprint density at radius 1 is 1.15 bits per heavy atom. The van der Waals surface area contributed by atoms with Crippen LogP contribution in [0.25, 0.3) is 0 Å². The number of carbonyl (C=O) groups excluding carboxylic acids is 1. The molecular weight excluding hydrogens is 340 g/mol. The fourth-order valence-corrected chi connectivity index (χ4v) is 2.28. The number of nitrogens with one attached hydrogen (secondary N) is 2. The quantitative estimate of drug-likeness (QED) is 0.857. The topological polar surface area (TPSA) is 41.1 Å². The fraction of sp³-hybridized carbons (Fsp3) is 0.133. The molecule has 2 rings (SSSR count). The third-order valence-electron chi connectivity index (χ3n) is 2.63. The average molecular weight is 354 g/mol. The summed E-state index contributed by atoms with van der Waals surface area (Å²) in [5.74, 6) is -0.0812. The summed E-state index contributed by atoms with van der Waals surface area (Å²) in [5, 5.41) is 6.55. The Balaban J connectivity index is 1.76. The molecule has 2 aromatic carbocycles. The summed E-state index contributed by atoms with van der Waals surface area (Å²) in [5.41, 5.74) is 1.86. The van der Waals surface area contributed by atoms with E-state index in [2.05, 4.69) is 26.6 Å². The Morgan fingerprint density at radius 3 is 2.60 bits per heavy atom. The summed E-state index contributed by atoms with van der Waals surface area (Å²) < 4.78 is 1.03. The molecular formula is C15H14BrClN2O. The summed E-state index contributed by atoms with van der Waals surface area (Å²) in [4.78, 5) is 11.7. The minimum Gasteiger partial charge on any atom is -0.325 e. The van der Waals surface area contributed by atoms with Gasteiger partial charge in [0, 0.05) is 21.7 Å². The Labute approximate surface area is 131 Å². The Hall–Kier alpha value is -1.36. The molecule has 0 radical (unpaired) electrons. The molecule has 0 spiro atoms. The van der Waals surface area contributed by atoms with Crippen molar-refractivity contribution < 1.29 is 4.79 Å². The molecule has 5 heteroatoms. The molecule has 0 aliphatic carbocycles. The normalized spacial score (nSPS) is 10.3. The monoisotopic (exact) mass is 352 g/mol. The second-order valence-electron chi connectivity index (χ2n) is 4.29. The van der Waals surface area contributed by atoms with Gasteiger partial charge in [0.25, 0.3) is 0 Å². The first-order chi connectivity index (χ1) is 9.63. The van der Waals surface area contributed by atoms with Crippen LogP contribution in [0.2, 0.25) is 5.02 Å². The fourth-order valence-electron chi connectivity index (χ4n) is 1.71. The lowest BCUT2D eigenvalue weighted by molar-refractivity contribution is -0.115. The summed E-state index contributed by atoms with van der Waals surface area (Å²) >= 11 is 9.20. The van der Waals surface area contributed by atoms with E-state index in [9.17, 15) is 4.79 Å². The van der Waals surface area contributed by atoms with Gasteiger partial charge in [-0.15, -0.1) is 0 Å². The molecule has 0 saturated heterocycles. The van der Waals surface area contributed by atoms with Gasteiger partial charge in [0.2, 0.25) is 5.91 Å². The van der Waals surface area contributed by atoms with E-state index in [1.54, 1.807) is 24.3 Å². The van der Waals surface area contributed by atoms with E-state index in [1.165, 1.54) is 0 Å². The Kier molecular flexibility index (Phi) is 5.59. The van der Waals surface area contributed by atoms with Gasteiger partial charge in [-0.1, -0.05) is 39.7 Å². The van der Waals surface area contributed by atoms with Crippen LogP contribution in [-0.4, -0.2) is 12.5 Å². The van der Waals surface area contributed by atoms with E-state index in [1.807, 2.05) is 24.3 Å². The van der Waals surface area contributed by atoms with Crippen LogP contribution in [0.15, 0.2) is 53.0 Å². The van der Waals surface area contributed by atoms with Crippen molar-refractivity contribution in [3.05, 3.63) is 63.6 Å². The second kappa shape index (κ2) is 7.43. The van der Waals surface area contributed by atoms with Gasteiger partial charge < -0.3 is 10.6 Å². The van der Waals surface area contributed by atoms with Crippen LogP contribution in [0.5, 0.6) is 0 Å². The van der Waals surface area contributed by atoms with Crippen molar-refractivity contribution in [1.29, 1.82) is 0 Å². The SMILES string of the molecule is O=C(CNCc1cccc(Br)c1)Nc1ccc(Cl)cc1. The second-order valence-corrected chi connectivity index (χ2v) is 5.64. The van der Waals surface area contributed by atoms with Gasteiger partial charge in [-0.25, -0.2) is 0 Å². The highest BCUT2D eigenvalue weighted by molar-refractivity contribution is 9.10. The average Bonchev–Trinajstić information content (AvgIpc) is 2.41. The van der Waals surface area contributed by atoms with Crippen molar-refractivity contribution in [2.24, 2.45) is 0 Å². The maximum atomic E-state index is 11.7. The number of anilines is 1. The molecule has 1 amide bonds. The van der Waals surface area contributed by atoms with Crippen molar-refractivity contribution in [2.45, 2.75) is 6.54 Å². The number of hydrogen-bond donors (Lipinski definition) is 2. The van der Waals surface area contributed by atoms with Crippen LogP contribution < -0.4 is 10.6 Å².